The Morgan fingerprint density at radius 2 is 2.15 bits per heavy atom. The molecule has 20 heavy (non-hydrogen) atoms. The topological polar surface area (TPSA) is 12.0 Å². The fourth-order valence-electron chi connectivity index (χ4n) is 3.64. The summed E-state index contributed by atoms with van der Waals surface area (Å²) in [6.07, 6.45) is 5.92. The van der Waals surface area contributed by atoms with Crippen LogP contribution in [-0.4, -0.2) is 13.1 Å². The molecule has 2 rings (SSSR count). The number of likely N-dealkylation sites (N-methyl/N-ethyl adjacent to an activating group) is 1. The van der Waals surface area contributed by atoms with Crippen molar-refractivity contribution in [2.75, 3.05) is 7.05 Å². The van der Waals surface area contributed by atoms with Crippen LogP contribution in [-0.2, 0) is 6.42 Å². The van der Waals surface area contributed by atoms with Gasteiger partial charge < -0.3 is 5.32 Å². The Hall–Kier alpha value is -0.410. The van der Waals surface area contributed by atoms with Crippen LogP contribution in [0.25, 0.3) is 0 Å². The van der Waals surface area contributed by atoms with Crippen LogP contribution in [0.3, 0.4) is 0 Å². The first kappa shape index (κ1) is 16.0. The standard InChI is InChI=1S/C17H25BrFN/c1-17(2)9-5-4-6-14(17)16(20-3)10-12-7-8-13(18)11-15(12)19/h7-8,11,14,16,20H,4-6,9-10H2,1-3H3. The fraction of sp³-hybridized carbons (Fsp3) is 0.647. The van der Waals surface area contributed by atoms with Gasteiger partial charge in [-0.2, -0.15) is 0 Å². The quantitative estimate of drug-likeness (QED) is 0.818. The van der Waals surface area contributed by atoms with Crippen molar-refractivity contribution in [3.63, 3.8) is 0 Å². The molecule has 1 nitrogen and oxygen atoms in total. The molecular formula is C17H25BrFN. The van der Waals surface area contributed by atoms with Crippen molar-refractivity contribution < 1.29 is 4.39 Å². The normalized spacial score (nSPS) is 23.6. The van der Waals surface area contributed by atoms with E-state index in [1.807, 2.05) is 19.2 Å². The molecule has 0 spiro atoms. The van der Waals surface area contributed by atoms with E-state index in [0.717, 1.165) is 16.5 Å². The van der Waals surface area contributed by atoms with E-state index >= 15 is 0 Å². The number of hydrogen-bond acceptors (Lipinski definition) is 1. The number of rotatable bonds is 4. The molecule has 1 saturated carbocycles. The van der Waals surface area contributed by atoms with E-state index in [1.165, 1.54) is 25.7 Å². The summed E-state index contributed by atoms with van der Waals surface area (Å²) in [4.78, 5) is 0. The van der Waals surface area contributed by atoms with Crippen LogP contribution in [0.5, 0.6) is 0 Å². The van der Waals surface area contributed by atoms with Gasteiger partial charge in [-0.3, -0.25) is 0 Å². The number of hydrogen-bond donors (Lipinski definition) is 1. The van der Waals surface area contributed by atoms with Crippen molar-refractivity contribution >= 4 is 15.9 Å². The average molecular weight is 342 g/mol. The molecule has 1 fully saturated rings. The predicted octanol–water partition coefficient (Wildman–Crippen LogP) is 4.94. The molecule has 0 radical (unpaired) electrons. The third-order valence-electron chi connectivity index (χ3n) is 4.90. The first-order valence-electron chi connectivity index (χ1n) is 7.55. The van der Waals surface area contributed by atoms with Gasteiger partial charge in [-0.1, -0.05) is 48.7 Å². The summed E-state index contributed by atoms with van der Waals surface area (Å²) in [5.41, 5.74) is 1.16. The highest BCUT2D eigenvalue weighted by Gasteiger charge is 2.37. The molecule has 1 aliphatic rings. The second-order valence-electron chi connectivity index (χ2n) is 6.68. The Kier molecular flexibility index (Phi) is 5.25. The fourth-order valence-corrected chi connectivity index (χ4v) is 3.97. The van der Waals surface area contributed by atoms with Gasteiger partial charge >= 0.3 is 0 Å². The van der Waals surface area contributed by atoms with Crippen LogP contribution in [0, 0.1) is 17.2 Å². The number of halogens is 2. The summed E-state index contributed by atoms with van der Waals surface area (Å²) in [7, 11) is 2.01. The Balaban J connectivity index is 2.15. The van der Waals surface area contributed by atoms with Crippen molar-refractivity contribution in [3.05, 3.63) is 34.1 Å². The molecule has 3 heteroatoms. The maximum Gasteiger partial charge on any atom is 0.127 e. The molecule has 1 aromatic carbocycles. The summed E-state index contributed by atoms with van der Waals surface area (Å²) in [5, 5.41) is 3.44. The van der Waals surface area contributed by atoms with Gasteiger partial charge in [0.05, 0.1) is 0 Å². The zero-order chi connectivity index (χ0) is 14.8. The molecule has 2 atom stereocenters. The van der Waals surface area contributed by atoms with Crippen molar-refractivity contribution in [2.24, 2.45) is 11.3 Å². The van der Waals surface area contributed by atoms with Crippen molar-refractivity contribution in [2.45, 2.75) is 52.0 Å². The van der Waals surface area contributed by atoms with Gasteiger partial charge in [-0.05, 0) is 55.3 Å². The summed E-state index contributed by atoms with van der Waals surface area (Å²) in [5.74, 6) is 0.512. The molecule has 1 N–H and O–H groups in total. The lowest BCUT2D eigenvalue weighted by molar-refractivity contribution is 0.101. The second-order valence-corrected chi connectivity index (χ2v) is 7.59. The highest BCUT2D eigenvalue weighted by atomic mass is 79.9. The lowest BCUT2D eigenvalue weighted by Crippen LogP contribution is -2.44. The smallest absolute Gasteiger partial charge is 0.127 e. The average Bonchev–Trinajstić information content (AvgIpc) is 2.38. The molecular weight excluding hydrogens is 317 g/mol. The molecule has 0 heterocycles. The molecule has 0 aromatic heterocycles. The largest absolute Gasteiger partial charge is 0.316 e. The molecule has 0 bridgehead atoms. The maximum atomic E-state index is 14.0. The molecule has 1 aromatic rings. The van der Waals surface area contributed by atoms with E-state index < -0.39 is 0 Å². The maximum absolute atomic E-state index is 14.0. The molecule has 2 unspecified atom stereocenters. The first-order chi connectivity index (χ1) is 9.44. The number of nitrogens with one attached hydrogen (secondary N) is 1. The first-order valence-corrected chi connectivity index (χ1v) is 8.34. The Labute approximate surface area is 130 Å². The second kappa shape index (κ2) is 6.57. The minimum atomic E-state index is -0.103. The van der Waals surface area contributed by atoms with Gasteiger partial charge in [0.25, 0.3) is 0 Å². The van der Waals surface area contributed by atoms with Gasteiger partial charge in [-0.15, -0.1) is 0 Å². The molecule has 0 saturated heterocycles. The van der Waals surface area contributed by atoms with Gasteiger partial charge in [0, 0.05) is 10.5 Å². The van der Waals surface area contributed by atoms with Crippen molar-refractivity contribution in [1.29, 1.82) is 0 Å². The van der Waals surface area contributed by atoms with Crippen LogP contribution < -0.4 is 5.32 Å². The van der Waals surface area contributed by atoms with Gasteiger partial charge in [-0.25, -0.2) is 4.39 Å². The number of benzene rings is 1. The van der Waals surface area contributed by atoms with Gasteiger partial charge in [0.1, 0.15) is 5.82 Å². The van der Waals surface area contributed by atoms with E-state index in [2.05, 4.69) is 35.1 Å². The zero-order valence-electron chi connectivity index (χ0n) is 12.7. The van der Waals surface area contributed by atoms with Crippen molar-refractivity contribution in [3.8, 4) is 0 Å². The van der Waals surface area contributed by atoms with Crippen LogP contribution in [0.4, 0.5) is 4.39 Å². The predicted molar refractivity (Wildman–Crippen MR) is 86.4 cm³/mol. The van der Waals surface area contributed by atoms with Gasteiger partial charge in [0.2, 0.25) is 0 Å². The molecule has 1 aliphatic carbocycles. The molecule has 0 amide bonds. The SMILES string of the molecule is CNC(Cc1ccc(Br)cc1F)C1CCCCC1(C)C. The van der Waals surface area contributed by atoms with Crippen LogP contribution in [0.2, 0.25) is 0 Å². The third kappa shape index (κ3) is 3.62. The summed E-state index contributed by atoms with van der Waals surface area (Å²) in [6, 6.07) is 5.74. The highest BCUT2D eigenvalue weighted by molar-refractivity contribution is 9.10. The monoisotopic (exact) mass is 341 g/mol. The van der Waals surface area contributed by atoms with E-state index in [4.69, 9.17) is 0 Å². The summed E-state index contributed by atoms with van der Waals surface area (Å²) >= 11 is 3.32. The summed E-state index contributed by atoms with van der Waals surface area (Å²) < 4.78 is 14.9. The van der Waals surface area contributed by atoms with E-state index in [0.29, 0.717) is 17.4 Å². The molecule has 0 aliphatic heterocycles. The Morgan fingerprint density at radius 1 is 1.40 bits per heavy atom. The lowest BCUT2D eigenvalue weighted by Gasteiger charge is -2.43. The van der Waals surface area contributed by atoms with E-state index in [1.54, 1.807) is 6.07 Å². The van der Waals surface area contributed by atoms with Crippen LogP contribution in [0.15, 0.2) is 22.7 Å². The third-order valence-corrected chi connectivity index (χ3v) is 5.39. The van der Waals surface area contributed by atoms with Crippen molar-refractivity contribution in [1.82, 2.24) is 5.32 Å². The minimum absolute atomic E-state index is 0.103. The minimum Gasteiger partial charge on any atom is -0.316 e. The Bertz CT molecular complexity index is 458. The zero-order valence-corrected chi connectivity index (χ0v) is 14.3. The summed E-state index contributed by atoms with van der Waals surface area (Å²) in [6.45, 7) is 4.72. The van der Waals surface area contributed by atoms with Crippen LogP contribution in [0.1, 0.15) is 45.1 Å². The van der Waals surface area contributed by atoms with E-state index in [-0.39, 0.29) is 5.82 Å². The lowest BCUT2D eigenvalue weighted by atomic mass is 9.65. The Morgan fingerprint density at radius 3 is 2.75 bits per heavy atom. The van der Waals surface area contributed by atoms with Crippen LogP contribution >= 0.6 is 15.9 Å². The highest BCUT2D eigenvalue weighted by Crippen LogP contribution is 2.43. The van der Waals surface area contributed by atoms with E-state index in [9.17, 15) is 4.39 Å². The van der Waals surface area contributed by atoms with Gasteiger partial charge in [0.15, 0.2) is 0 Å². The molecule has 112 valence electrons.